The quantitative estimate of drug-likeness (QED) is 0.568. The Morgan fingerprint density at radius 2 is 2.64 bits per heavy atom. The maximum absolute atomic E-state index is 5.02. The van der Waals surface area contributed by atoms with E-state index in [1.54, 1.807) is 6.40 Å². The summed E-state index contributed by atoms with van der Waals surface area (Å²) >= 11 is 0. The van der Waals surface area contributed by atoms with E-state index < -0.39 is 0 Å². The molecule has 1 aliphatic heterocycles. The second kappa shape index (κ2) is 3.56. The molecule has 0 saturated heterocycles. The molecule has 1 rings (SSSR count). The van der Waals surface area contributed by atoms with E-state index >= 15 is 0 Å². The maximum Gasteiger partial charge on any atom is 0.169 e. The van der Waals surface area contributed by atoms with Gasteiger partial charge in [0.2, 0.25) is 0 Å². The number of hydrogen-bond donors (Lipinski definition) is 0. The molecule has 1 heterocycles. The number of hydrogen-bond acceptors (Lipinski definition) is 2. The van der Waals surface area contributed by atoms with Crippen molar-refractivity contribution in [2.45, 2.75) is 26.3 Å². The standard InChI is InChI=1S/C9H15NO/c1-7(2)8(3)4-9-5-11-6-10-9/h6,8-9H,1,4-5H2,2-3H3. The highest BCUT2D eigenvalue weighted by molar-refractivity contribution is 5.48. The van der Waals surface area contributed by atoms with E-state index in [-0.39, 0.29) is 0 Å². The van der Waals surface area contributed by atoms with Gasteiger partial charge in [-0.3, -0.25) is 4.99 Å². The molecule has 2 atom stereocenters. The maximum atomic E-state index is 5.02. The molecule has 0 bridgehead atoms. The summed E-state index contributed by atoms with van der Waals surface area (Å²) in [6.45, 7) is 8.89. The smallest absolute Gasteiger partial charge is 0.169 e. The Morgan fingerprint density at radius 3 is 3.09 bits per heavy atom. The molecule has 0 radical (unpaired) electrons. The van der Waals surface area contributed by atoms with Crippen LogP contribution in [0.5, 0.6) is 0 Å². The molecule has 0 saturated carbocycles. The number of aliphatic imine (C=N–C) groups is 1. The van der Waals surface area contributed by atoms with Crippen molar-refractivity contribution < 1.29 is 4.74 Å². The molecule has 2 unspecified atom stereocenters. The average Bonchev–Trinajstić information content (AvgIpc) is 2.39. The van der Waals surface area contributed by atoms with Gasteiger partial charge in [-0.1, -0.05) is 19.1 Å². The van der Waals surface area contributed by atoms with Gasteiger partial charge in [-0.25, -0.2) is 0 Å². The van der Waals surface area contributed by atoms with E-state index in [0.29, 0.717) is 12.0 Å². The summed E-state index contributed by atoms with van der Waals surface area (Å²) in [7, 11) is 0. The fourth-order valence-electron chi connectivity index (χ4n) is 1.06. The number of nitrogens with zero attached hydrogens (tertiary/aromatic N) is 1. The first kappa shape index (κ1) is 8.31. The summed E-state index contributed by atoms with van der Waals surface area (Å²) in [6, 6.07) is 0.363. The van der Waals surface area contributed by atoms with Crippen molar-refractivity contribution in [1.82, 2.24) is 0 Å². The van der Waals surface area contributed by atoms with E-state index in [1.165, 1.54) is 5.57 Å². The Kier molecular flexibility index (Phi) is 2.69. The van der Waals surface area contributed by atoms with E-state index in [0.717, 1.165) is 13.0 Å². The van der Waals surface area contributed by atoms with Crippen molar-refractivity contribution in [1.29, 1.82) is 0 Å². The summed E-state index contributed by atoms with van der Waals surface area (Å²) in [6.07, 6.45) is 2.61. The number of ether oxygens (including phenoxy) is 1. The normalized spacial score (nSPS) is 24.7. The third-order valence-electron chi connectivity index (χ3n) is 2.10. The molecule has 1 aliphatic rings. The third-order valence-corrected chi connectivity index (χ3v) is 2.10. The van der Waals surface area contributed by atoms with Gasteiger partial charge in [0, 0.05) is 0 Å². The second-order valence-electron chi connectivity index (χ2n) is 3.22. The molecule has 2 nitrogen and oxygen atoms in total. The number of rotatable bonds is 3. The van der Waals surface area contributed by atoms with Crippen molar-refractivity contribution in [2.75, 3.05) is 6.61 Å². The SMILES string of the molecule is C=C(C)C(C)CC1COC=N1. The van der Waals surface area contributed by atoms with E-state index in [9.17, 15) is 0 Å². The summed E-state index contributed by atoms with van der Waals surface area (Å²) in [5.74, 6) is 0.554. The van der Waals surface area contributed by atoms with Crippen LogP contribution in [-0.4, -0.2) is 19.0 Å². The van der Waals surface area contributed by atoms with E-state index in [2.05, 4.69) is 25.4 Å². The van der Waals surface area contributed by atoms with Crippen LogP contribution in [0.3, 0.4) is 0 Å². The van der Waals surface area contributed by atoms with Gasteiger partial charge in [-0.2, -0.15) is 0 Å². The highest BCUT2D eigenvalue weighted by Crippen LogP contribution is 2.17. The van der Waals surface area contributed by atoms with Crippen LogP contribution < -0.4 is 0 Å². The Balaban J connectivity index is 2.29. The van der Waals surface area contributed by atoms with Gasteiger partial charge >= 0.3 is 0 Å². The van der Waals surface area contributed by atoms with Crippen LogP contribution in [0.4, 0.5) is 0 Å². The molecule has 0 N–H and O–H groups in total. The van der Waals surface area contributed by atoms with Gasteiger partial charge in [0.25, 0.3) is 0 Å². The first-order valence-corrected chi connectivity index (χ1v) is 3.99. The van der Waals surface area contributed by atoms with Crippen molar-refractivity contribution in [3.8, 4) is 0 Å². The first-order valence-electron chi connectivity index (χ1n) is 3.99. The van der Waals surface area contributed by atoms with Gasteiger partial charge in [0.15, 0.2) is 6.40 Å². The first-order chi connectivity index (χ1) is 5.20. The minimum atomic E-state index is 0.363. The van der Waals surface area contributed by atoms with E-state index in [4.69, 9.17) is 4.74 Å². The topological polar surface area (TPSA) is 21.6 Å². The molecule has 0 aromatic carbocycles. The van der Waals surface area contributed by atoms with Gasteiger partial charge in [-0.15, -0.1) is 0 Å². The zero-order chi connectivity index (χ0) is 8.27. The third kappa shape index (κ3) is 2.37. The molecule has 2 heteroatoms. The monoisotopic (exact) mass is 153 g/mol. The summed E-state index contributed by atoms with van der Waals surface area (Å²) < 4.78 is 5.02. The lowest BCUT2D eigenvalue weighted by Gasteiger charge is -2.12. The fourth-order valence-corrected chi connectivity index (χ4v) is 1.06. The van der Waals surface area contributed by atoms with Crippen LogP contribution in [-0.2, 0) is 4.74 Å². The Hall–Kier alpha value is -0.790. The summed E-state index contributed by atoms with van der Waals surface area (Å²) in [5.41, 5.74) is 1.23. The molecular formula is C9H15NO. The summed E-state index contributed by atoms with van der Waals surface area (Å²) in [4.78, 5) is 4.17. The lowest BCUT2D eigenvalue weighted by Crippen LogP contribution is -2.11. The van der Waals surface area contributed by atoms with Crippen molar-refractivity contribution >= 4 is 6.40 Å². The van der Waals surface area contributed by atoms with Crippen LogP contribution in [0, 0.1) is 5.92 Å². The van der Waals surface area contributed by atoms with E-state index in [1.807, 2.05) is 0 Å². The van der Waals surface area contributed by atoms with Crippen LogP contribution in [0.2, 0.25) is 0 Å². The Labute approximate surface area is 68.0 Å². The Bertz CT molecular complexity index is 174. The zero-order valence-electron chi connectivity index (χ0n) is 7.21. The van der Waals surface area contributed by atoms with Gasteiger partial charge < -0.3 is 4.74 Å². The summed E-state index contributed by atoms with van der Waals surface area (Å²) in [5, 5.41) is 0. The van der Waals surface area contributed by atoms with Crippen LogP contribution in [0.15, 0.2) is 17.1 Å². The molecule has 62 valence electrons. The highest BCUT2D eigenvalue weighted by Gasteiger charge is 2.15. The van der Waals surface area contributed by atoms with Crippen molar-refractivity contribution in [3.63, 3.8) is 0 Å². The largest absolute Gasteiger partial charge is 0.481 e. The highest BCUT2D eigenvalue weighted by atomic mass is 16.5. The minimum Gasteiger partial charge on any atom is -0.481 e. The minimum absolute atomic E-state index is 0.363. The molecule has 0 fully saturated rings. The van der Waals surface area contributed by atoms with Gasteiger partial charge in [-0.05, 0) is 19.3 Å². The molecule has 0 aromatic rings. The van der Waals surface area contributed by atoms with Crippen molar-refractivity contribution in [3.05, 3.63) is 12.2 Å². The predicted octanol–water partition coefficient (Wildman–Crippen LogP) is 2.02. The molecule has 0 amide bonds. The van der Waals surface area contributed by atoms with Gasteiger partial charge in [0.05, 0.1) is 6.04 Å². The van der Waals surface area contributed by atoms with Crippen LogP contribution in [0.25, 0.3) is 0 Å². The fraction of sp³-hybridized carbons (Fsp3) is 0.667. The number of allylic oxidation sites excluding steroid dienone is 1. The lowest BCUT2D eigenvalue weighted by atomic mass is 9.97. The second-order valence-corrected chi connectivity index (χ2v) is 3.22. The average molecular weight is 153 g/mol. The molecule has 0 aromatic heterocycles. The van der Waals surface area contributed by atoms with Crippen molar-refractivity contribution in [2.24, 2.45) is 10.9 Å². The molecular weight excluding hydrogens is 138 g/mol. The Morgan fingerprint density at radius 1 is 1.91 bits per heavy atom. The van der Waals surface area contributed by atoms with Crippen LogP contribution >= 0.6 is 0 Å². The van der Waals surface area contributed by atoms with Crippen LogP contribution in [0.1, 0.15) is 20.3 Å². The molecule has 0 spiro atoms. The lowest BCUT2D eigenvalue weighted by molar-refractivity contribution is 0.312. The predicted molar refractivity (Wildman–Crippen MR) is 46.8 cm³/mol. The zero-order valence-corrected chi connectivity index (χ0v) is 7.21. The molecule has 0 aliphatic carbocycles. The van der Waals surface area contributed by atoms with Gasteiger partial charge in [0.1, 0.15) is 6.61 Å². The molecule has 11 heavy (non-hydrogen) atoms.